The van der Waals surface area contributed by atoms with Gasteiger partial charge in [0.15, 0.2) is 0 Å². The lowest BCUT2D eigenvalue weighted by Crippen LogP contribution is -2.39. The predicted molar refractivity (Wildman–Crippen MR) is 64.5 cm³/mol. The van der Waals surface area contributed by atoms with Gasteiger partial charge in [0.2, 0.25) is 0 Å². The summed E-state index contributed by atoms with van der Waals surface area (Å²) >= 11 is 0.753. The van der Waals surface area contributed by atoms with E-state index in [0.29, 0.717) is 0 Å². The highest BCUT2D eigenvalue weighted by atomic mass is 32.1. The zero-order valence-electron chi connectivity index (χ0n) is 9.84. The van der Waals surface area contributed by atoms with Crippen LogP contribution >= 0.6 is 11.3 Å². The van der Waals surface area contributed by atoms with E-state index < -0.39 is 22.8 Å². The highest BCUT2D eigenvalue weighted by Crippen LogP contribution is 2.23. The van der Waals surface area contributed by atoms with Gasteiger partial charge in [-0.15, -0.1) is 0 Å². The number of nitrogens with zero attached hydrogens (tertiary/aromatic N) is 1. The van der Waals surface area contributed by atoms with Crippen molar-refractivity contribution in [3.63, 3.8) is 0 Å². The zero-order valence-corrected chi connectivity index (χ0v) is 10.7. The molecule has 8 heteroatoms. The lowest BCUT2D eigenvalue weighted by molar-refractivity contribution is -0.380. The van der Waals surface area contributed by atoms with Crippen LogP contribution < -0.4 is 5.32 Å². The normalized spacial score (nSPS) is 11.7. The molecule has 0 aliphatic heterocycles. The number of carbonyl (C=O) groups excluding carboxylic acids is 2. The molecule has 1 rings (SSSR count). The van der Waals surface area contributed by atoms with Crippen molar-refractivity contribution in [3.8, 4) is 0 Å². The first-order chi connectivity index (χ1) is 8.45. The van der Waals surface area contributed by atoms with Crippen LogP contribution in [0.15, 0.2) is 12.1 Å². The SMILES string of the molecule is CCOC(=O)C(C)NC(=O)c1ccc([N+](=O)[O-])s1. The summed E-state index contributed by atoms with van der Waals surface area (Å²) in [6.07, 6.45) is 0. The molecule has 0 aliphatic carbocycles. The van der Waals surface area contributed by atoms with E-state index in [-0.39, 0.29) is 16.5 Å². The Morgan fingerprint density at radius 3 is 2.72 bits per heavy atom. The Labute approximate surface area is 107 Å². The summed E-state index contributed by atoms with van der Waals surface area (Å²) in [4.78, 5) is 33.0. The third-order valence-electron chi connectivity index (χ3n) is 1.98. The topological polar surface area (TPSA) is 98.5 Å². The third kappa shape index (κ3) is 3.52. The van der Waals surface area contributed by atoms with E-state index in [2.05, 4.69) is 5.32 Å². The minimum absolute atomic E-state index is 0.121. The van der Waals surface area contributed by atoms with Crippen LogP contribution in [0.5, 0.6) is 0 Å². The van der Waals surface area contributed by atoms with Gasteiger partial charge in [0.25, 0.3) is 5.91 Å². The largest absolute Gasteiger partial charge is 0.464 e. The van der Waals surface area contributed by atoms with Crippen LogP contribution in [0.2, 0.25) is 0 Å². The zero-order chi connectivity index (χ0) is 13.7. The maximum Gasteiger partial charge on any atom is 0.328 e. The maximum atomic E-state index is 11.7. The van der Waals surface area contributed by atoms with Crippen LogP contribution in [0.4, 0.5) is 5.00 Å². The number of ether oxygens (including phenoxy) is 1. The second-order valence-electron chi connectivity index (χ2n) is 3.34. The number of rotatable bonds is 5. The molecule has 1 aromatic rings. The smallest absolute Gasteiger partial charge is 0.328 e. The predicted octanol–water partition coefficient (Wildman–Crippen LogP) is 1.34. The Morgan fingerprint density at radius 2 is 2.22 bits per heavy atom. The number of esters is 1. The average Bonchev–Trinajstić information content (AvgIpc) is 2.78. The maximum absolute atomic E-state index is 11.7. The minimum Gasteiger partial charge on any atom is -0.464 e. The van der Waals surface area contributed by atoms with Crippen molar-refractivity contribution in [2.24, 2.45) is 0 Å². The molecular weight excluding hydrogens is 260 g/mol. The van der Waals surface area contributed by atoms with E-state index in [4.69, 9.17) is 4.74 Å². The summed E-state index contributed by atoms with van der Waals surface area (Å²) in [5.41, 5.74) is 0. The monoisotopic (exact) mass is 272 g/mol. The molecule has 1 N–H and O–H groups in total. The van der Waals surface area contributed by atoms with Crippen molar-refractivity contribution in [2.75, 3.05) is 6.61 Å². The fraction of sp³-hybridized carbons (Fsp3) is 0.400. The van der Waals surface area contributed by atoms with Crippen LogP contribution in [0.25, 0.3) is 0 Å². The Bertz CT molecular complexity index is 471. The third-order valence-corrected chi connectivity index (χ3v) is 3.02. The molecule has 1 amide bonds. The molecule has 0 saturated heterocycles. The molecule has 1 heterocycles. The Hall–Kier alpha value is -1.96. The average molecular weight is 272 g/mol. The molecule has 0 bridgehead atoms. The van der Waals surface area contributed by atoms with Gasteiger partial charge in [0, 0.05) is 6.07 Å². The summed E-state index contributed by atoms with van der Waals surface area (Å²) in [5, 5.41) is 12.7. The van der Waals surface area contributed by atoms with Crippen molar-refractivity contribution in [2.45, 2.75) is 19.9 Å². The van der Waals surface area contributed by atoms with E-state index >= 15 is 0 Å². The number of hydrogen-bond acceptors (Lipinski definition) is 6. The molecule has 0 fully saturated rings. The van der Waals surface area contributed by atoms with Gasteiger partial charge in [0.1, 0.15) is 6.04 Å². The number of nitrogens with one attached hydrogen (secondary N) is 1. The molecular formula is C10H12N2O5S. The van der Waals surface area contributed by atoms with Gasteiger partial charge in [-0.3, -0.25) is 14.9 Å². The fourth-order valence-electron chi connectivity index (χ4n) is 1.14. The highest BCUT2D eigenvalue weighted by Gasteiger charge is 2.20. The Kier molecular flexibility index (Phi) is 4.78. The highest BCUT2D eigenvalue weighted by molar-refractivity contribution is 7.17. The van der Waals surface area contributed by atoms with Gasteiger partial charge in [-0.2, -0.15) is 0 Å². The van der Waals surface area contributed by atoms with E-state index in [1.54, 1.807) is 6.92 Å². The summed E-state index contributed by atoms with van der Waals surface area (Å²) in [6.45, 7) is 3.37. The van der Waals surface area contributed by atoms with E-state index in [9.17, 15) is 19.7 Å². The van der Waals surface area contributed by atoms with Crippen LogP contribution in [0.1, 0.15) is 23.5 Å². The summed E-state index contributed by atoms with van der Waals surface area (Å²) < 4.78 is 4.73. The molecule has 0 saturated carbocycles. The number of amides is 1. The van der Waals surface area contributed by atoms with Crippen LogP contribution in [0, 0.1) is 10.1 Å². The van der Waals surface area contributed by atoms with Gasteiger partial charge in [-0.1, -0.05) is 11.3 Å². The van der Waals surface area contributed by atoms with Crippen molar-refractivity contribution >= 4 is 28.2 Å². The molecule has 1 atom stereocenters. The quantitative estimate of drug-likeness (QED) is 0.495. The van der Waals surface area contributed by atoms with Gasteiger partial charge in [0.05, 0.1) is 16.4 Å². The van der Waals surface area contributed by atoms with Crippen LogP contribution in [-0.2, 0) is 9.53 Å². The van der Waals surface area contributed by atoms with E-state index in [1.165, 1.54) is 19.1 Å². The van der Waals surface area contributed by atoms with Crippen molar-refractivity contribution in [1.82, 2.24) is 5.32 Å². The molecule has 98 valence electrons. The first-order valence-corrected chi connectivity index (χ1v) is 5.99. The molecule has 1 unspecified atom stereocenters. The number of nitro groups is 1. The minimum atomic E-state index is -0.793. The van der Waals surface area contributed by atoms with E-state index in [1.807, 2.05) is 0 Å². The number of carbonyl (C=O) groups is 2. The first-order valence-electron chi connectivity index (χ1n) is 5.17. The number of hydrogen-bond donors (Lipinski definition) is 1. The second-order valence-corrected chi connectivity index (χ2v) is 4.40. The molecule has 0 radical (unpaired) electrons. The molecule has 7 nitrogen and oxygen atoms in total. The second kappa shape index (κ2) is 6.10. The molecule has 1 aromatic heterocycles. The summed E-state index contributed by atoms with van der Waals surface area (Å²) in [7, 11) is 0. The van der Waals surface area contributed by atoms with Crippen molar-refractivity contribution in [1.29, 1.82) is 0 Å². The standard InChI is InChI=1S/C10H12N2O5S/c1-3-17-10(14)6(2)11-9(13)7-4-5-8(18-7)12(15)16/h4-6H,3H2,1-2H3,(H,11,13). The van der Waals surface area contributed by atoms with Crippen molar-refractivity contribution < 1.29 is 19.2 Å². The Morgan fingerprint density at radius 1 is 1.56 bits per heavy atom. The molecule has 0 aliphatic rings. The summed E-state index contributed by atoms with van der Waals surface area (Å²) in [5.74, 6) is -1.08. The van der Waals surface area contributed by atoms with Crippen LogP contribution in [-0.4, -0.2) is 29.4 Å². The molecule has 18 heavy (non-hydrogen) atoms. The van der Waals surface area contributed by atoms with Gasteiger partial charge in [-0.25, -0.2) is 4.79 Å². The fourth-order valence-corrected chi connectivity index (χ4v) is 1.87. The van der Waals surface area contributed by atoms with Crippen molar-refractivity contribution in [3.05, 3.63) is 27.1 Å². The van der Waals surface area contributed by atoms with Gasteiger partial charge < -0.3 is 10.1 Å². The van der Waals surface area contributed by atoms with Crippen LogP contribution in [0.3, 0.4) is 0 Å². The lowest BCUT2D eigenvalue weighted by atomic mass is 10.3. The lowest BCUT2D eigenvalue weighted by Gasteiger charge is -2.11. The first kappa shape index (κ1) is 14.1. The van der Waals surface area contributed by atoms with Gasteiger partial charge in [-0.05, 0) is 19.9 Å². The van der Waals surface area contributed by atoms with E-state index in [0.717, 1.165) is 11.3 Å². The number of thiophene rings is 1. The van der Waals surface area contributed by atoms with Gasteiger partial charge >= 0.3 is 11.0 Å². The molecule has 0 aromatic carbocycles. The Balaban J connectivity index is 2.64. The molecule has 0 spiro atoms. The summed E-state index contributed by atoms with van der Waals surface area (Å²) in [6, 6.07) is 1.79.